The molecule has 1 saturated heterocycles. The molecule has 1 N–H and O–H groups in total. The van der Waals surface area contributed by atoms with E-state index in [0.29, 0.717) is 18.7 Å². The van der Waals surface area contributed by atoms with Gasteiger partial charge in [0, 0.05) is 26.2 Å². The second kappa shape index (κ2) is 5.46. The van der Waals surface area contributed by atoms with Crippen LogP contribution in [0.15, 0.2) is 11.1 Å². The molecule has 2 rings (SSSR count). The summed E-state index contributed by atoms with van der Waals surface area (Å²) in [7, 11) is 1.70. The first-order valence-corrected chi connectivity index (χ1v) is 6.12. The number of nitrogens with zero attached hydrogens (tertiary/aromatic N) is 3. The molecule has 1 aromatic heterocycles. The maximum absolute atomic E-state index is 11.5. The highest BCUT2D eigenvalue weighted by Gasteiger charge is 2.21. The van der Waals surface area contributed by atoms with Gasteiger partial charge in [-0.3, -0.25) is 4.57 Å². The number of hydrogen-bond donors (Lipinski definition) is 1. The van der Waals surface area contributed by atoms with Crippen molar-refractivity contribution in [3.63, 3.8) is 0 Å². The Morgan fingerprint density at radius 2 is 2.53 bits per heavy atom. The lowest BCUT2D eigenvalue weighted by molar-refractivity contribution is 0.0834. The van der Waals surface area contributed by atoms with Crippen LogP contribution in [0.5, 0.6) is 0 Å². The molecule has 0 aromatic carbocycles. The summed E-state index contributed by atoms with van der Waals surface area (Å²) >= 11 is 0. The van der Waals surface area contributed by atoms with Crippen molar-refractivity contribution in [3.05, 3.63) is 16.8 Å². The molecule has 0 saturated carbocycles. The van der Waals surface area contributed by atoms with E-state index in [0.717, 1.165) is 26.0 Å². The minimum absolute atomic E-state index is 0.0726. The molecule has 2 unspecified atom stereocenters. The molecule has 2 heterocycles. The fourth-order valence-corrected chi connectivity index (χ4v) is 2.10. The van der Waals surface area contributed by atoms with Gasteiger partial charge in [-0.2, -0.15) is 5.10 Å². The van der Waals surface area contributed by atoms with Gasteiger partial charge in [0.15, 0.2) is 0 Å². The van der Waals surface area contributed by atoms with Gasteiger partial charge in [0.25, 0.3) is 0 Å². The zero-order chi connectivity index (χ0) is 12.3. The lowest BCUT2D eigenvalue weighted by atomic mass is 10.1. The van der Waals surface area contributed by atoms with Gasteiger partial charge in [-0.1, -0.05) is 0 Å². The largest absolute Gasteiger partial charge is 0.377 e. The molecule has 1 aliphatic heterocycles. The van der Waals surface area contributed by atoms with E-state index in [9.17, 15) is 4.79 Å². The van der Waals surface area contributed by atoms with E-state index in [-0.39, 0.29) is 5.69 Å². The Morgan fingerprint density at radius 1 is 1.71 bits per heavy atom. The summed E-state index contributed by atoms with van der Waals surface area (Å²) in [5, 5.41) is 7.38. The topological polar surface area (TPSA) is 61.1 Å². The number of ether oxygens (including phenoxy) is 1. The number of rotatable bonds is 5. The molecule has 0 amide bonds. The van der Waals surface area contributed by atoms with E-state index >= 15 is 0 Å². The van der Waals surface area contributed by atoms with Crippen LogP contribution in [0.2, 0.25) is 0 Å². The van der Waals surface area contributed by atoms with Crippen molar-refractivity contribution in [2.24, 2.45) is 7.05 Å². The second-order valence-corrected chi connectivity index (χ2v) is 4.54. The van der Waals surface area contributed by atoms with Crippen LogP contribution >= 0.6 is 0 Å². The third-order valence-corrected chi connectivity index (χ3v) is 3.20. The van der Waals surface area contributed by atoms with Crippen LogP contribution < -0.4 is 11.0 Å². The van der Waals surface area contributed by atoms with Crippen LogP contribution in [-0.2, 0) is 18.3 Å². The number of nitrogens with one attached hydrogen (secondary N) is 1. The standard InChI is InChI=1S/C11H20N4O2/c1-9(10-4-3-7-17-10)12-5-6-15-11(16)14(2)8-13-15/h8-10,12H,3-7H2,1-2H3. The van der Waals surface area contributed by atoms with Crippen molar-refractivity contribution in [2.75, 3.05) is 13.2 Å². The lowest BCUT2D eigenvalue weighted by Gasteiger charge is -2.19. The fraction of sp³-hybridized carbons (Fsp3) is 0.818. The van der Waals surface area contributed by atoms with Crippen molar-refractivity contribution in [1.82, 2.24) is 19.7 Å². The van der Waals surface area contributed by atoms with Crippen LogP contribution in [0.4, 0.5) is 0 Å². The smallest absolute Gasteiger partial charge is 0.345 e. The number of aromatic nitrogens is 3. The summed E-state index contributed by atoms with van der Waals surface area (Å²) in [4.78, 5) is 11.5. The summed E-state index contributed by atoms with van der Waals surface area (Å²) in [6.45, 7) is 4.32. The van der Waals surface area contributed by atoms with E-state index in [1.807, 2.05) is 0 Å². The zero-order valence-corrected chi connectivity index (χ0v) is 10.4. The maximum Gasteiger partial charge on any atom is 0.345 e. The van der Waals surface area contributed by atoms with E-state index in [1.165, 1.54) is 15.6 Å². The second-order valence-electron chi connectivity index (χ2n) is 4.54. The number of aryl methyl sites for hydroxylation is 1. The molecule has 6 heteroatoms. The third kappa shape index (κ3) is 2.95. The van der Waals surface area contributed by atoms with Gasteiger partial charge in [-0.25, -0.2) is 9.48 Å². The summed E-state index contributed by atoms with van der Waals surface area (Å²) in [5.41, 5.74) is -0.0726. The Bertz CT molecular complexity index is 406. The maximum atomic E-state index is 11.5. The molecule has 0 spiro atoms. The Hall–Kier alpha value is -1.14. The quantitative estimate of drug-likeness (QED) is 0.770. The molecule has 1 fully saturated rings. The Labute approximate surface area is 101 Å². The van der Waals surface area contributed by atoms with Gasteiger partial charge >= 0.3 is 5.69 Å². The summed E-state index contributed by atoms with van der Waals surface area (Å²) < 4.78 is 8.54. The molecule has 17 heavy (non-hydrogen) atoms. The first kappa shape index (κ1) is 12.3. The highest BCUT2D eigenvalue weighted by molar-refractivity contribution is 4.76. The molecular weight excluding hydrogens is 220 g/mol. The number of hydrogen-bond acceptors (Lipinski definition) is 4. The Balaban J connectivity index is 1.75. The van der Waals surface area contributed by atoms with E-state index in [1.54, 1.807) is 7.05 Å². The predicted molar refractivity (Wildman–Crippen MR) is 63.9 cm³/mol. The Morgan fingerprint density at radius 3 is 3.12 bits per heavy atom. The first-order valence-electron chi connectivity index (χ1n) is 6.12. The SMILES string of the molecule is CC(NCCn1ncn(C)c1=O)C1CCCO1. The van der Waals surface area contributed by atoms with Crippen LogP contribution in [0.1, 0.15) is 19.8 Å². The third-order valence-electron chi connectivity index (χ3n) is 3.20. The van der Waals surface area contributed by atoms with E-state index < -0.39 is 0 Å². The highest BCUT2D eigenvalue weighted by Crippen LogP contribution is 2.14. The molecule has 96 valence electrons. The molecule has 6 nitrogen and oxygen atoms in total. The van der Waals surface area contributed by atoms with Gasteiger partial charge in [0.2, 0.25) is 0 Å². The lowest BCUT2D eigenvalue weighted by Crippen LogP contribution is -2.39. The van der Waals surface area contributed by atoms with Crippen LogP contribution in [0.3, 0.4) is 0 Å². The van der Waals surface area contributed by atoms with Crippen LogP contribution in [-0.4, -0.2) is 39.6 Å². The normalized spacial score (nSPS) is 21.9. The molecule has 0 aliphatic carbocycles. The zero-order valence-electron chi connectivity index (χ0n) is 10.4. The minimum atomic E-state index is -0.0726. The molecule has 1 aliphatic rings. The average molecular weight is 240 g/mol. The van der Waals surface area contributed by atoms with Gasteiger partial charge in [-0.05, 0) is 19.8 Å². The van der Waals surface area contributed by atoms with Crippen LogP contribution in [0, 0.1) is 0 Å². The first-order chi connectivity index (χ1) is 8.18. The fourth-order valence-electron chi connectivity index (χ4n) is 2.10. The minimum Gasteiger partial charge on any atom is -0.377 e. The predicted octanol–water partition coefficient (Wildman–Crippen LogP) is -0.261. The Kier molecular flexibility index (Phi) is 3.96. The monoisotopic (exact) mass is 240 g/mol. The van der Waals surface area contributed by atoms with Gasteiger partial charge in [-0.15, -0.1) is 0 Å². The van der Waals surface area contributed by atoms with Crippen molar-refractivity contribution >= 4 is 0 Å². The average Bonchev–Trinajstić information content (AvgIpc) is 2.93. The van der Waals surface area contributed by atoms with Gasteiger partial charge in [0.1, 0.15) is 6.33 Å². The molecule has 0 radical (unpaired) electrons. The van der Waals surface area contributed by atoms with E-state index in [4.69, 9.17) is 4.74 Å². The highest BCUT2D eigenvalue weighted by atomic mass is 16.5. The molecule has 2 atom stereocenters. The summed E-state index contributed by atoms with van der Waals surface area (Å²) in [5.74, 6) is 0. The molecule has 0 bridgehead atoms. The van der Waals surface area contributed by atoms with E-state index in [2.05, 4.69) is 17.3 Å². The van der Waals surface area contributed by atoms with Gasteiger partial charge < -0.3 is 10.1 Å². The van der Waals surface area contributed by atoms with Gasteiger partial charge in [0.05, 0.1) is 12.6 Å². The molecule has 1 aromatic rings. The summed E-state index contributed by atoms with van der Waals surface area (Å²) in [6, 6.07) is 0.330. The van der Waals surface area contributed by atoms with Crippen LogP contribution in [0.25, 0.3) is 0 Å². The van der Waals surface area contributed by atoms with Crippen molar-refractivity contribution in [3.8, 4) is 0 Å². The van der Waals surface area contributed by atoms with Crippen molar-refractivity contribution in [1.29, 1.82) is 0 Å². The summed E-state index contributed by atoms with van der Waals surface area (Å²) in [6.07, 6.45) is 4.12. The molecular formula is C11H20N4O2. The van der Waals surface area contributed by atoms with Crippen molar-refractivity contribution in [2.45, 2.75) is 38.5 Å². The van der Waals surface area contributed by atoms with Crippen molar-refractivity contribution < 1.29 is 4.74 Å².